The standard InChI is InChI=1S/C17H21NO5/c1-21-17(20)12-4-2-11(3-5-12)16(19)18-13-6-7-14-15(10-13)23-9-8-22-14/h2-5,13-15H,6-10H2,1H3,(H,18,19)/t13-,14+,15+/m1/s1. The minimum absolute atomic E-state index is 0.0736. The monoisotopic (exact) mass is 319 g/mol. The molecule has 1 amide bonds. The van der Waals surface area contributed by atoms with E-state index in [1.54, 1.807) is 24.3 Å². The number of hydrogen-bond donors (Lipinski definition) is 1. The number of carbonyl (C=O) groups is 2. The van der Waals surface area contributed by atoms with Crippen LogP contribution in [0, 0.1) is 0 Å². The van der Waals surface area contributed by atoms with Crippen LogP contribution >= 0.6 is 0 Å². The third kappa shape index (κ3) is 3.71. The maximum Gasteiger partial charge on any atom is 0.337 e. The lowest BCUT2D eigenvalue weighted by molar-refractivity contribution is -0.157. The highest BCUT2D eigenvalue weighted by Crippen LogP contribution is 2.27. The van der Waals surface area contributed by atoms with E-state index in [2.05, 4.69) is 10.1 Å². The minimum atomic E-state index is -0.412. The van der Waals surface area contributed by atoms with E-state index in [0.717, 1.165) is 19.3 Å². The van der Waals surface area contributed by atoms with Crippen LogP contribution in [0.25, 0.3) is 0 Å². The third-order valence-corrected chi connectivity index (χ3v) is 4.38. The summed E-state index contributed by atoms with van der Waals surface area (Å²) in [6.45, 7) is 1.28. The lowest BCUT2D eigenvalue weighted by atomic mass is 9.89. The summed E-state index contributed by atoms with van der Waals surface area (Å²) in [6, 6.07) is 6.54. The average Bonchev–Trinajstić information content (AvgIpc) is 2.61. The molecule has 1 saturated carbocycles. The van der Waals surface area contributed by atoms with Crippen LogP contribution in [0.3, 0.4) is 0 Å². The Morgan fingerprint density at radius 3 is 2.39 bits per heavy atom. The van der Waals surface area contributed by atoms with Crippen LogP contribution in [-0.4, -0.2) is 50.4 Å². The van der Waals surface area contributed by atoms with Crippen molar-refractivity contribution in [2.24, 2.45) is 0 Å². The molecule has 1 heterocycles. The second-order valence-corrected chi connectivity index (χ2v) is 5.87. The summed E-state index contributed by atoms with van der Waals surface area (Å²) in [5, 5.41) is 3.04. The molecule has 23 heavy (non-hydrogen) atoms. The van der Waals surface area contributed by atoms with Gasteiger partial charge in [-0.3, -0.25) is 4.79 Å². The van der Waals surface area contributed by atoms with Gasteiger partial charge in [0.1, 0.15) is 0 Å². The zero-order valence-electron chi connectivity index (χ0n) is 13.1. The van der Waals surface area contributed by atoms with Gasteiger partial charge >= 0.3 is 5.97 Å². The van der Waals surface area contributed by atoms with Crippen LogP contribution in [-0.2, 0) is 14.2 Å². The van der Waals surface area contributed by atoms with Crippen molar-refractivity contribution >= 4 is 11.9 Å². The van der Waals surface area contributed by atoms with Crippen molar-refractivity contribution in [1.82, 2.24) is 5.32 Å². The molecule has 1 aromatic carbocycles. The first-order valence-electron chi connectivity index (χ1n) is 7.90. The van der Waals surface area contributed by atoms with Crippen molar-refractivity contribution in [2.75, 3.05) is 20.3 Å². The Balaban J connectivity index is 1.57. The Labute approximate surface area is 135 Å². The maximum atomic E-state index is 12.3. The molecule has 2 aliphatic rings. The largest absolute Gasteiger partial charge is 0.465 e. The molecule has 0 unspecified atom stereocenters. The van der Waals surface area contributed by atoms with Crippen LogP contribution in [0.15, 0.2) is 24.3 Å². The zero-order chi connectivity index (χ0) is 16.2. The normalized spacial score (nSPS) is 26.9. The molecule has 124 valence electrons. The molecule has 1 aromatic rings. The maximum absolute atomic E-state index is 12.3. The van der Waals surface area contributed by atoms with E-state index in [0.29, 0.717) is 24.3 Å². The molecule has 1 N–H and O–H groups in total. The number of benzene rings is 1. The second-order valence-electron chi connectivity index (χ2n) is 5.87. The fourth-order valence-electron chi connectivity index (χ4n) is 3.14. The number of rotatable bonds is 3. The van der Waals surface area contributed by atoms with E-state index in [1.165, 1.54) is 7.11 Å². The molecular weight excluding hydrogens is 298 g/mol. The average molecular weight is 319 g/mol. The Hall–Kier alpha value is -1.92. The van der Waals surface area contributed by atoms with Crippen LogP contribution in [0.1, 0.15) is 40.0 Å². The summed E-state index contributed by atoms with van der Waals surface area (Å²) in [6.07, 6.45) is 2.80. The highest BCUT2D eigenvalue weighted by Gasteiger charge is 2.34. The summed E-state index contributed by atoms with van der Waals surface area (Å²) in [5.74, 6) is -0.550. The highest BCUT2D eigenvalue weighted by atomic mass is 16.6. The van der Waals surface area contributed by atoms with E-state index in [9.17, 15) is 9.59 Å². The van der Waals surface area contributed by atoms with Gasteiger partial charge in [-0.05, 0) is 43.5 Å². The van der Waals surface area contributed by atoms with E-state index in [4.69, 9.17) is 9.47 Å². The van der Waals surface area contributed by atoms with Crippen molar-refractivity contribution in [3.8, 4) is 0 Å². The molecule has 0 aromatic heterocycles. The lowest BCUT2D eigenvalue weighted by Crippen LogP contribution is -2.49. The number of hydrogen-bond acceptors (Lipinski definition) is 5. The number of amides is 1. The van der Waals surface area contributed by atoms with Gasteiger partial charge in [-0.1, -0.05) is 0 Å². The van der Waals surface area contributed by atoms with Gasteiger partial charge < -0.3 is 19.5 Å². The molecule has 3 atom stereocenters. The van der Waals surface area contributed by atoms with E-state index in [1.807, 2.05) is 0 Å². The lowest BCUT2D eigenvalue weighted by Gasteiger charge is -2.39. The third-order valence-electron chi connectivity index (χ3n) is 4.38. The zero-order valence-corrected chi connectivity index (χ0v) is 13.1. The van der Waals surface area contributed by atoms with Crippen molar-refractivity contribution < 1.29 is 23.8 Å². The molecule has 6 heteroatoms. The number of methoxy groups -OCH3 is 1. The fourth-order valence-corrected chi connectivity index (χ4v) is 3.14. The number of nitrogens with one attached hydrogen (secondary N) is 1. The summed E-state index contributed by atoms with van der Waals surface area (Å²) in [7, 11) is 1.33. The van der Waals surface area contributed by atoms with Crippen molar-refractivity contribution in [3.63, 3.8) is 0 Å². The summed E-state index contributed by atoms with van der Waals surface area (Å²) in [4.78, 5) is 23.7. The van der Waals surface area contributed by atoms with E-state index >= 15 is 0 Å². The molecule has 1 aliphatic heterocycles. The predicted octanol–water partition coefficient (Wildman–Crippen LogP) is 1.54. The van der Waals surface area contributed by atoms with E-state index in [-0.39, 0.29) is 24.2 Å². The van der Waals surface area contributed by atoms with Gasteiger partial charge in [-0.2, -0.15) is 0 Å². The first kappa shape index (κ1) is 16.0. The molecule has 0 radical (unpaired) electrons. The van der Waals surface area contributed by atoms with Gasteiger partial charge in [0.2, 0.25) is 0 Å². The molecule has 1 saturated heterocycles. The summed E-state index contributed by atoms with van der Waals surface area (Å²) in [5.41, 5.74) is 0.956. The highest BCUT2D eigenvalue weighted by molar-refractivity contribution is 5.96. The van der Waals surface area contributed by atoms with Crippen LogP contribution < -0.4 is 5.32 Å². The van der Waals surface area contributed by atoms with Gasteiger partial charge in [0.05, 0.1) is 38.1 Å². The summed E-state index contributed by atoms with van der Waals surface area (Å²) < 4.78 is 16.1. The van der Waals surface area contributed by atoms with Gasteiger partial charge in [0, 0.05) is 11.6 Å². The first-order chi connectivity index (χ1) is 11.2. The molecule has 1 aliphatic carbocycles. The second kappa shape index (κ2) is 7.10. The van der Waals surface area contributed by atoms with Gasteiger partial charge in [0.15, 0.2) is 0 Å². The van der Waals surface area contributed by atoms with Gasteiger partial charge in [-0.15, -0.1) is 0 Å². The van der Waals surface area contributed by atoms with Gasteiger partial charge in [-0.25, -0.2) is 4.79 Å². The number of carbonyl (C=O) groups excluding carboxylic acids is 2. The molecule has 6 nitrogen and oxygen atoms in total. The van der Waals surface area contributed by atoms with Crippen LogP contribution in [0.4, 0.5) is 0 Å². The Bertz CT molecular complexity index is 571. The number of esters is 1. The molecule has 2 fully saturated rings. The molecular formula is C17H21NO5. The van der Waals surface area contributed by atoms with Crippen molar-refractivity contribution in [1.29, 1.82) is 0 Å². The van der Waals surface area contributed by atoms with Crippen molar-refractivity contribution in [2.45, 2.75) is 37.5 Å². The SMILES string of the molecule is COC(=O)c1ccc(C(=O)N[C@@H]2CC[C@@H]3OCCO[C@H]3C2)cc1. The number of ether oxygens (including phenoxy) is 3. The van der Waals surface area contributed by atoms with Crippen LogP contribution in [0.2, 0.25) is 0 Å². The summed E-state index contributed by atoms with van der Waals surface area (Å²) >= 11 is 0. The quantitative estimate of drug-likeness (QED) is 0.856. The smallest absolute Gasteiger partial charge is 0.337 e. The number of fused-ring (bicyclic) bond motifs is 1. The molecule has 0 bridgehead atoms. The molecule has 0 spiro atoms. The topological polar surface area (TPSA) is 73.9 Å². The molecule has 3 rings (SSSR count). The minimum Gasteiger partial charge on any atom is -0.465 e. The van der Waals surface area contributed by atoms with Crippen molar-refractivity contribution in [3.05, 3.63) is 35.4 Å². The van der Waals surface area contributed by atoms with Gasteiger partial charge in [0.25, 0.3) is 5.91 Å². The first-order valence-corrected chi connectivity index (χ1v) is 7.90. The van der Waals surface area contributed by atoms with E-state index < -0.39 is 5.97 Å². The Morgan fingerprint density at radius 1 is 1.04 bits per heavy atom. The Kier molecular flexibility index (Phi) is 4.93. The fraction of sp³-hybridized carbons (Fsp3) is 0.529. The Morgan fingerprint density at radius 2 is 1.70 bits per heavy atom. The van der Waals surface area contributed by atoms with Crippen LogP contribution in [0.5, 0.6) is 0 Å². The predicted molar refractivity (Wildman–Crippen MR) is 82.4 cm³/mol.